The summed E-state index contributed by atoms with van der Waals surface area (Å²) in [4.78, 5) is 11.4. The smallest absolute Gasteiger partial charge is 0.323 e. The van der Waals surface area contributed by atoms with Crippen molar-refractivity contribution in [3.63, 3.8) is 0 Å². The second-order valence-electron chi connectivity index (χ2n) is 6.62. The fourth-order valence-corrected chi connectivity index (χ4v) is 3.79. The molecule has 2 fully saturated rings. The van der Waals surface area contributed by atoms with E-state index in [1.54, 1.807) is 0 Å². The van der Waals surface area contributed by atoms with Gasteiger partial charge in [-0.25, -0.2) is 0 Å². The van der Waals surface area contributed by atoms with Crippen molar-refractivity contribution in [2.24, 2.45) is 11.8 Å². The van der Waals surface area contributed by atoms with Gasteiger partial charge in [0.1, 0.15) is 6.04 Å². The molecule has 0 radical (unpaired) electrons. The Balaban J connectivity index is 1.83. The number of carboxylic acids is 1. The molecular weight excluding hydrogens is 254 g/mol. The van der Waals surface area contributed by atoms with E-state index in [0.717, 1.165) is 32.2 Å². The Labute approximate surface area is 122 Å². The predicted octanol–water partition coefficient (Wildman–Crippen LogP) is 2.55. The largest absolute Gasteiger partial charge is 0.480 e. The van der Waals surface area contributed by atoms with Crippen LogP contribution in [-0.4, -0.2) is 34.9 Å². The summed E-state index contributed by atoms with van der Waals surface area (Å²) in [5.74, 6) is -0.160. The van der Waals surface area contributed by atoms with Crippen LogP contribution in [0.3, 0.4) is 0 Å². The lowest BCUT2D eigenvalue weighted by Crippen LogP contribution is -2.51. The standard InChI is InChI=1S/C16H29NO3/c18-15(13-9-5-2-6-10-13)14(16(19)20)17-11-12-7-3-1-4-8-12/h12-15,17-18H,1-11H2,(H,19,20)/t14-,15+/m0/s1. The first-order chi connectivity index (χ1) is 9.68. The first-order valence-corrected chi connectivity index (χ1v) is 8.32. The summed E-state index contributed by atoms with van der Waals surface area (Å²) in [6.45, 7) is 0.737. The molecule has 2 rings (SSSR count). The average molecular weight is 283 g/mol. The molecule has 0 aromatic heterocycles. The molecule has 0 bridgehead atoms. The topological polar surface area (TPSA) is 69.6 Å². The highest BCUT2D eigenvalue weighted by molar-refractivity contribution is 5.74. The zero-order valence-corrected chi connectivity index (χ0v) is 12.4. The second kappa shape index (κ2) is 7.99. The van der Waals surface area contributed by atoms with Gasteiger partial charge in [0.05, 0.1) is 6.10 Å². The maximum Gasteiger partial charge on any atom is 0.323 e. The van der Waals surface area contributed by atoms with Crippen LogP contribution in [0.2, 0.25) is 0 Å². The van der Waals surface area contributed by atoms with Crippen LogP contribution < -0.4 is 5.32 Å². The summed E-state index contributed by atoms with van der Waals surface area (Å²) in [7, 11) is 0. The maximum absolute atomic E-state index is 11.4. The molecule has 0 unspecified atom stereocenters. The van der Waals surface area contributed by atoms with Gasteiger partial charge in [0.25, 0.3) is 0 Å². The third-order valence-electron chi connectivity index (χ3n) is 5.09. The predicted molar refractivity (Wildman–Crippen MR) is 78.6 cm³/mol. The summed E-state index contributed by atoms with van der Waals surface area (Å²) in [6, 6.07) is -0.792. The molecule has 2 aliphatic carbocycles. The van der Waals surface area contributed by atoms with Gasteiger partial charge in [-0.1, -0.05) is 38.5 Å². The van der Waals surface area contributed by atoms with Gasteiger partial charge in [0.15, 0.2) is 0 Å². The van der Waals surface area contributed by atoms with Crippen LogP contribution in [0.4, 0.5) is 0 Å². The number of aliphatic hydroxyl groups excluding tert-OH is 1. The van der Waals surface area contributed by atoms with Crippen LogP contribution >= 0.6 is 0 Å². The van der Waals surface area contributed by atoms with E-state index in [1.807, 2.05) is 0 Å². The van der Waals surface area contributed by atoms with Gasteiger partial charge >= 0.3 is 5.97 Å². The van der Waals surface area contributed by atoms with E-state index >= 15 is 0 Å². The third-order valence-corrected chi connectivity index (χ3v) is 5.09. The van der Waals surface area contributed by atoms with E-state index in [-0.39, 0.29) is 5.92 Å². The zero-order chi connectivity index (χ0) is 14.4. The normalized spacial score (nSPS) is 25.2. The van der Waals surface area contributed by atoms with Gasteiger partial charge in [-0.15, -0.1) is 0 Å². The van der Waals surface area contributed by atoms with Crippen molar-refractivity contribution in [2.75, 3.05) is 6.54 Å². The Morgan fingerprint density at radius 3 is 2.10 bits per heavy atom. The van der Waals surface area contributed by atoms with Crippen molar-refractivity contribution >= 4 is 5.97 Å². The van der Waals surface area contributed by atoms with E-state index in [1.165, 1.54) is 38.5 Å². The fraction of sp³-hybridized carbons (Fsp3) is 0.938. The lowest BCUT2D eigenvalue weighted by molar-refractivity contribution is -0.144. The summed E-state index contributed by atoms with van der Waals surface area (Å²) in [5.41, 5.74) is 0. The molecule has 2 saturated carbocycles. The number of nitrogens with one attached hydrogen (secondary N) is 1. The number of rotatable bonds is 6. The summed E-state index contributed by atoms with van der Waals surface area (Å²) in [5, 5.41) is 22.9. The SMILES string of the molecule is O=C(O)[C@@H](NCC1CCCCC1)[C@H](O)C1CCCCC1. The highest BCUT2D eigenvalue weighted by Crippen LogP contribution is 2.28. The Morgan fingerprint density at radius 2 is 1.55 bits per heavy atom. The van der Waals surface area contributed by atoms with Gasteiger partial charge in [0.2, 0.25) is 0 Å². The van der Waals surface area contributed by atoms with Crippen LogP contribution in [0.1, 0.15) is 64.2 Å². The van der Waals surface area contributed by atoms with Crippen LogP contribution in [0.15, 0.2) is 0 Å². The van der Waals surface area contributed by atoms with Crippen LogP contribution in [-0.2, 0) is 4.79 Å². The Bertz CT molecular complexity index is 296. The molecule has 116 valence electrons. The average Bonchev–Trinajstić information content (AvgIpc) is 2.49. The summed E-state index contributed by atoms with van der Waals surface area (Å²) in [6.07, 6.45) is 10.9. The van der Waals surface area contributed by atoms with Gasteiger partial charge in [-0.2, -0.15) is 0 Å². The molecule has 4 heteroatoms. The zero-order valence-electron chi connectivity index (χ0n) is 12.4. The number of aliphatic hydroxyl groups is 1. The van der Waals surface area contributed by atoms with Crippen molar-refractivity contribution in [1.82, 2.24) is 5.32 Å². The number of carboxylic acid groups (broad SMARTS) is 1. The fourth-order valence-electron chi connectivity index (χ4n) is 3.79. The van der Waals surface area contributed by atoms with Crippen molar-refractivity contribution < 1.29 is 15.0 Å². The molecule has 4 nitrogen and oxygen atoms in total. The molecule has 3 N–H and O–H groups in total. The molecule has 0 aliphatic heterocycles. The van der Waals surface area contributed by atoms with Crippen molar-refractivity contribution in [2.45, 2.75) is 76.4 Å². The molecular formula is C16H29NO3. The lowest BCUT2D eigenvalue weighted by atomic mass is 9.82. The van der Waals surface area contributed by atoms with Gasteiger partial charge in [-0.05, 0) is 44.1 Å². The number of aliphatic carboxylic acids is 1. The van der Waals surface area contributed by atoms with E-state index < -0.39 is 18.1 Å². The highest BCUT2D eigenvalue weighted by atomic mass is 16.4. The first kappa shape index (κ1) is 15.8. The molecule has 0 spiro atoms. The summed E-state index contributed by atoms with van der Waals surface area (Å²) < 4.78 is 0. The molecule has 0 aromatic carbocycles. The lowest BCUT2D eigenvalue weighted by Gasteiger charge is -2.32. The first-order valence-electron chi connectivity index (χ1n) is 8.32. The monoisotopic (exact) mass is 283 g/mol. The summed E-state index contributed by atoms with van der Waals surface area (Å²) >= 11 is 0. The molecule has 2 atom stereocenters. The van der Waals surface area contributed by atoms with Crippen LogP contribution in [0.25, 0.3) is 0 Å². The molecule has 0 aromatic rings. The van der Waals surface area contributed by atoms with Gasteiger partial charge in [0, 0.05) is 0 Å². The van der Waals surface area contributed by atoms with Crippen molar-refractivity contribution in [1.29, 1.82) is 0 Å². The Kier molecular flexibility index (Phi) is 6.30. The minimum absolute atomic E-state index is 0.156. The minimum atomic E-state index is -0.904. The molecule has 2 aliphatic rings. The van der Waals surface area contributed by atoms with E-state index in [4.69, 9.17) is 0 Å². The van der Waals surface area contributed by atoms with Crippen LogP contribution in [0.5, 0.6) is 0 Å². The van der Waals surface area contributed by atoms with Crippen molar-refractivity contribution in [3.8, 4) is 0 Å². The number of hydrogen-bond acceptors (Lipinski definition) is 3. The van der Waals surface area contributed by atoms with E-state index in [0.29, 0.717) is 5.92 Å². The second-order valence-corrected chi connectivity index (χ2v) is 6.62. The Morgan fingerprint density at radius 1 is 1.00 bits per heavy atom. The number of carbonyl (C=O) groups is 1. The molecule has 0 heterocycles. The van der Waals surface area contributed by atoms with Gasteiger partial charge < -0.3 is 15.5 Å². The van der Waals surface area contributed by atoms with Crippen LogP contribution in [0, 0.1) is 11.8 Å². The third kappa shape index (κ3) is 4.45. The van der Waals surface area contributed by atoms with E-state index in [9.17, 15) is 15.0 Å². The van der Waals surface area contributed by atoms with Crippen molar-refractivity contribution in [3.05, 3.63) is 0 Å². The highest BCUT2D eigenvalue weighted by Gasteiger charge is 2.33. The maximum atomic E-state index is 11.4. The molecule has 20 heavy (non-hydrogen) atoms. The minimum Gasteiger partial charge on any atom is -0.480 e. The molecule has 0 saturated heterocycles. The number of hydrogen-bond donors (Lipinski definition) is 3. The van der Waals surface area contributed by atoms with E-state index in [2.05, 4.69) is 5.32 Å². The Hall–Kier alpha value is -0.610. The molecule has 0 amide bonds. The quantitative estimate of drug-likeness (QED) is 0.700. The van der Waals surface area contributed by atoms with Gasteiger partial charge in [-0.3, -0.25) is 4.79 Å².